The maximum atomic E-state index is 12.7. The number of aromatic nitrogens is 2. The molecule has 0 unspecified atom stereocenters. The van der Waals surface area contributed by atoms with Gasteiger partial charge in [0.25, 0.3) is 5.91 Å². The lowest BCUT2D eigenvalue weighted by Crippen LogP contribution is -2.16. The maximum absolute atomic E-state index is 12.7. The first-order chi connectivity index (χ1) is 13.4. The number of hydrogen-bond donors (Lipinski definition) is 1. The molecule has 2 aromatic heterocycles. The van der Waals surface area contributed by atoms with Gasteiger partial charge in [0, 0.05) is 5.69 Å². The van der Waals surface area contributed by atoms with Crippen LogP contribution in [0.1, 0.15) is 35.4 Å². The zero-order chi connectivity index (χ0) is 19.7. The van der Waals surface area contributed by atoms with E-state index >= 15 is 0 Å². The summed E-state index contributed by atoms with van der Waals surface area (Å²) in [5, 5.41) is 9.31. The topological polar surface area (TPSA) is 81.1 Å². The summed E-state index contributed by atoms with van der Waals surface area (Å²) in [7, 11) is -3.05. The number of carbonyl (C=O) groups excluding carboxylic acids is 1. The molecule has 0 aliphatic carbocycles. The molecule has 3 heterocycles. The fourth-order valence-electron chi connectivity index (χ4n) is 3.38. The fraction of sp³-hybridized carbons (Fsp3) is 0.300. The maximum Gasteiger partial charge on any atom is 0.276 e. The van der Waals surface area contributed by atoms with Crippen LogP contribution in [0.25, 0.3) is 10.6 Å². The van der Waals surface area contributed by atoms with E-state index in [1.54, 1.807) is 10.7 Å². The fourth-order valence-corrected chi connectivity index (χ4v) is 5.81. The van der Waals surface area contributed by atoms with E-state index in [2.05, 4.69) is 17.3 Å². The van der Waals surface area contributed by atoms with Gasteiger partial charge in [0.2, 0.25) is 0 Å². The second-order valence-electron chi connectivity index (χ2n) is 6.90. The molecule has 0 bridgehead atoms. The van der Waals surface area contributed by atoms with E-state index in [0.29, 0.717) is 12.1 Å². The average Bonchev–Trinajstić information content (AvgIpc) is 3.40. The van der Waals surface area contributed by atoms with Gasteiger partial charge in [-0.3, -0.25) is 9.48 Å². The average molecular weight is 416 g/mol. The summed E-state index contributed by atoms with van der Waals surface area (Å²) < 4.78 is 25.6. The minimum absolute atomic E-state index is 0.0621. The highest BCUT2D eigenvalue weighted by molar-refractivity contribution is 7.91. The Bertz CT molecular complexity index is 1080. The van der Waals surface area contributed by atoms with E-state index in [-0.39, 0.29) is 29.1 Å². The predicted molar refractivity (Wildman–Crippen MR) is 112 cm³/mol. The molecule has 28 heavy (non-hydrogen) atoms. The number of rotatable bonds is 5. The van der Waals surface area contributed by atoms with Crippen LogP contribution in [-0.2, 0) is 16.3 Å². The van der Waals surface area contributed by atoms with E-state index in [1.807, 2.05) is 41.8 Å². The van der Waals surface area contributed by atoms with Gasteiger partial charge in [-0.25, -0.2) is 8.42 Å². The van der Waals surface area contributed by atoms with Crippen LogP contribution in [0, 0.1) is 0 Å². The van der Waals surface area contributed by atoms with Crippen LogP contribution in [-0.4, -0.2) is 35.6 Å². The van der Waals surface area contributed by atoms with Crippen molar-refractivity contribution in [3.8, 4) is 10.6 Å². The molecule has 8 heteroatoms. The zero-order valence-electron chi connectivity index (χ0n) is 15.5. The second-order valence-corrected chi connectivity index (χ2v) is 10.1. The molecule has 1 saturated heterocycles. The van der Waals surface area contributed by atoms with Crippen LogP contribution in [0.4, 0.5) is 5.69 Å². The summed E-state index contributed by atoms with van der Waals surface area (Å²) in [6.07, 6.45) is 1.45. The summed E-state index contributed by atoms with van der Waals surface area (Å²) >= 11 is 1.54. The summed E-state index contributed by atoms with van der Waals surface area (Å²) in [5.41, 5.74) is 2.97. The van der Waals surface area contributed by atoms with Crippen molar-refractivity contribution in [2.45, 2.75) is 25.8 Å². The Hall–Kier alpha value is -2.45. The Morgan fingerprint density at radius 3 is 2.68 bits per heavy atom. The van der Waals surface area contributed by atoms with Crippen molar-refractivity contribution < 1.29 is 13.2 Å². The van der Waals surface area contributed by atoms with Crippen molar-refractivity contribution in [2.24, 2.45) is 0 Å². The molecule has 6 nitrogen and oxygen atoms in total. The largest absolute Gasteiger partial charge is 0.321 e. The smallest absolute Gasteiger partial charge is 0.276 e. The Kier molecular flexibility index (Phi) is 5.07. The van der Waals surface area contributed by atoms with Crippen molar-refractivity contribution in [3.63, 3.8) is 0 Å². The standard InChI is InChI=1S/C20H21N3O3S2/c1-2-14-5-7-15(8-6-14)21-20(24)17-12-18(19-4-3-10-27-19)23(22-17)16-9-11-28(25,26)13-16/h3-8,10,12,16H,2,9,11,13H2,1H3,(H,21,24)/t16-/m1/s1. The van der Waals surface area contributed by atoms with E-state index in [0.717, 1.165) is 17.0 Å². The van der Waals surface area contributed by atoms with Crippen LogP contribution in [0.2, 0.25) is 0 Å². The molecule has 3 aromatic rings. The number of thiophene rings is 1. The second kappa shape index (κ2) is 7.52. The highest BCUT2D eigenvalue weighted by Crippen LogP contribution is 2.32. The van der Waals surface area contributed by atoms with Gasteiger partial charge in [-0.1, -0.05) is 25.1 Å². The van der Waals surface area contributed by atoms with Crippen LogP contribution in [0.15, 0.2) is 47.8 Å². The molecule has 1 fully saturated rings. The predicted octanol–water partition coefficient (Wildman–Crippen LogP) is 3.79. The Labute approximate surface area is 168 Å². The van der Waals surface area contributed by atoms with Gasteiger partial charge >= 0.3 is 0 Å². The first-order valence-electron chi connectivity index (χ1n) is 9.19. The summed E-state index contributed by atoms with van der Waals surface area (Å²) in [6, 6.07) is 13.1. The van der Waals surface area contributed by atoms with Gasteiger partial charge in [0.1, 0.15) is 0 Å². The number of nitrogens with one attached hydrogen (secondary N) is 1. The number of amides is 1. The van der Waals surface area contributed by atoms with Crippen molar-refractivity contribution in [1.29, 1.82) is 0 Å². The third-order valence-electron chi connectivity index (χ3n) is 4.92. The van der Waals surface area contributed by atoms with Gasteiger partial charge in [-0.05, 0) is 48.1 Å². The molecule has 146 valence electrons. The molecular weight excluding hydrogens is 394 g/mol. The molecule has 4 rings (SSSR count). The van der Waals surface area contributed by atoms with E-state index in [1.165, 1.54) is 16.9 Å². The molecule has 0 spiro atoms. The lowest BCUT2D eigenvalue weighted by molar-refractivity contribution is 0.102. The van der Waals surface area contributed by atoms with Gasteiger partial charge in [0.05, 0.1) is 28.1 Å². The van der Waals surface area contributed by atoms with Crippen LogP contribution in [0.5, 0.6) is 0 Å². The third-order valence-corrected chi connectivity index (χ3v) is 7.56. The van der Waals surface area contributed by atoms with Crippen LogP contribution in [0.3, 0.4) is 0 Å². The highest BCUT2D eigenvalue weighted by Gasteiger charge is 2.32. The van der Waals surface area contributed by atoms with Gasteiger partial charge < -0.3 is 5.32 Å². The Morgan fingerprint density at radius 2 is 2.07 bits per heavy atom. The van der Waals surface area contributed by atoms with Gasteiger partial charge in [0.15, 0.2) is 15.5 Å². The van der Waals surface area contributed by atoms with Gasteiger partial charge in [-0.2, -0.15) is 5.10 Å². The van der Waals surface area contributed by atoms with Crippen LogP contribution < -0.4 is 5.32 Å². The SMILES string of the molecule is CCc1ccc(NC(=O)c2cc(-c3cccs3)n([C@@H]3CCS(=O)(=O)C3)n2)cc1. The van der Waals surface area contributed by atoms with Crippen molar-refractivity contribution in [1.82, 2.24) is 9.78 Å². The van der Waals surface area contributed by atoms with Crippen molar-refractivity contribution >= 4 is 32.8 Å². The zero-order valence-corrected chi connectivity index (χ0v) is 17.1. The van der Waals surface area contributed by atoms with Crippen molar-refractivity contribution in [3.05, 3.63) is 59.1 Å². The number of aryl methyl sites for hydroxylation is 1. The molecule has 1 amide bonds. The monoisotopic (exact) mass is 415 g/mol. The van der Waals surface area contributed by atoms with Crippen molar-refractivity contribution in [2.75, 3.05) is 16.8 Å². The Balaban J connectivity index is 1.63. The lowest BCUT2D eigenvalue weighted by atomic mass is 10.1. The summed E-state index contributed by atoms with van der Waals surface area (Å²) in [4.78, 5) is 13.7. The molecule has 1 atom stereocenters. The normalized spacial score (nSPS) is 18.2. The third kappa shape index (κ3) is 3.88. The number of sulfone groups is 1. The van der Waals surface area contributed by atoms with E-state index in [9.17, 15) is 13.2 Å². The minimum Gasteiger partial charge on any atom is -0.321 e. The first-order valence-corrected chi connectivity index (χ1v) is 11.9. The Morgan fingerprint density at radius 1 is 1.29 bits per heavy atom. The highest BCUT2D eigenvalue weighted by atomic mass is 32.2. The quantitative estimate of drug-likeness (QED) is 0.687. The number of carbonyl (C=O) groups is 1. The summed E-state index contributed by atoms with van der Waals surface area (Å²) in [5.74, 6) is -0.0825. The first kappa shape index (κ1) is 18.9. The van der Waals surface area contributed by atoms with Crippen LogP contribution >= 0.6 is 11.3 Å². The molecule has 1 aliphatic rings. The molecule has 0 radical (unpaired) electrons. The minimum atomic E-state index is -3.05. The molecule has 1 aliphatic heterocycles. The molecular formula is C20H21N3O3S2. The number of hydrogen-bond acceptors (Lipinski definition) is 5. The van der Waals surface area contributed by atoms with E-state index < -0.39 is 9.84 Å². The molecule has 1 N–H and O–H groups in total. The molecule has 1 aromatic carbocycles. The number of nitrogens with zero attached hydrogens (tertiary/aromatic N) is 2. The molecule has 0 saturated carbocycles. The van der Waals surface area contributed by atoms with E-state index in [4.69, 9.17) is 0 Å². The summed E-state index contributed by atoms with van der Waals surface area (Å²) in [6.45, 7) is 2.08. The lowest BCUT2D eigenvalue weighted by Gasteiger charge is -2.12. The number of benzene rings is 1. The van der Waals surface area contributed by atoms with Gasteiger partial charge in [-0.15, -0.1) is 11.3 Å². The number of anilines is 1.